The number of fused-ring (bicyclic) bond motifs is 1. The van der Waals surface area contributed by atoms with Gasteiger partial charge in [-0.1, -0.05) is 24.3 Å². The number of benzene rings is 1. The molecule has 0 spiro atoms. The van der Waals surface area contributed by atoms with Crippen LogP contribution in [0.1, 0.15) is 24.0 Å². The molecule has 1 aliphatic rings. The van der Waals surface area contributed by atoms with E-state index in [9.17, 15) is 9.59 Å². The summed E-state index contributed by atoms with van der Waals surface area (Å²) in [5, 5.41) is 0. The van der Waals surface area contributed by atoms with Crippen LogP contribution in [0.4, 0.5) is 0 Å². The van der Waals surface area contributed by atoms with E-state index >= 15 is 0 Å². The first kappa shape index (κ1) is 13.7. The van der Waals surface area contributed by atoms with Crippen molar-refractivity contribution in [2.45, 2.75) is 31.8 Å². The SMILES string of the molecule is NCCC(=O)C1CCc2ccccc2CC1OC=O. The van der Waals surface area contributed by atoms with Crippen molar-refractivity contribution in [2.24, 2.45) is 11.7 Å². The molecular weight excluding hydrogens is 242 g/mol. The molecule has 0 heterocycles. The van der Waals surface area contributed by atoms with Crippen molar-refractivity contribution < 1.29 is 14.3 Å². The van der Waals surface area contributed by atoms with E-state index in [1.165, 1.54) is 5.56 Å². The Morgan fingerprint density at radius 1 is 1.37 bits per heavy atom. The van der Waals surface area contributed by atoms with Crippen molar-refractivity contribution in [3.05, 3.63) is 35.4 Å². The first-order valence-electron chi connectivity index (χ1n) is 6.65. The Balaban J connectivity index is 2.22. The average molecular weight is 261 g/mol. The van der Waals surface area contributed by atoms with Crippen LogP contribution in [0.2, 0.25) is 0 Å². The van der Waals surface area contributed by atoms with Gasteiger partial charge < -0.3 is 10.5 Å². The summed E-state index contributed by atoms with van der Waals surface area (Å²) >= 11 is 0. The predicted molar refractivity (Wildman–Crippen MR) is 71.6 cm³/mol. The van der Waals surface area contributed by atoms with Gasteiger partial charge in [-0.2, -0.15) is 0 Å². The van der Waals surface area contributed by atoms with Crippen LogP contribution in [-0.2, 0) is 27.2 Å². The maximum absolute atomic E-state index is 12.1. The van der Waals surface area contributed by atoms with Crippen LogP contribution in [0.25, 0.3) is 0 Å². The third-order valence-electron chi connectivity index (χ3n) is 3.75. The Morgan fingerprint density at radius 3 is 2.79 bits per heavy atom. The van der Waals surface area contributed by atoms with Crippen LogP contribution in [0.3, 0.4) is 0 Å². The number of hydrogen-bond acceptors (Lipinski definition) is 4. The molecule has 2 N–H and O–H groups in total. The molecule has 0 radical (unpaired) electrons. The van der Waals surface area contributed by atoms with Crippen LogP contribution >= 0.6 is 0 Å². The largest absolute Gasteiger partial charge is 0.463 e. The van der Waals surface area contributed by atoms with Crippen LogP contribution in [0.15, 0.2) is 24.3 Å². The first-order chi connectivity index (χ1) is 9.26. The number of Topliss-reactive ketones (excluding diaryl/α,β-unsaturated/α-hetero) is 1. The highest BCUT2D eigenvalue weighted by atomic mass is 16.5. The van der Waals surface area contributed by atoms with E-state index in [0.717, 1.165) is 12.0 Å². The third-order valence-corrected chi connectivity index (χ3v) is 3.75. The quantitative estimate of drug-likeness (QED) is 0.640. The van der Waals surface area contributed by atoms with Gasteiger partial charge in [0.25, 0.3) is 6.47 Å². The first-order valence-corrected chi connectivity index (χ1v) is 6.65. The number of rotatable bonds is 5. The van der Waals surface area contributed by atoms with Gasteiger partial charge in [0.15, 0.2) is 0 Å². The summed E-state index contributed by atoms with van der Waals surface area (Å²) in [6.07, 6.45) is 2.15. The molecule has 1 aliphatic carbocycles. The summed E-state index contributed by atoms with van der Waals surface area (Å²) in [5.41, 5.74) is 7.85. The second-order valence-corrected chi connectivity index (χ2v) is 4.89. The number of hydrogen-bond donors (Lipinski definition) is 1. The van der Waals surface area contributed by atoms with E-state index in [-0.39, 0.29) is 17.8 Å². The molecule has 0 aliphatic heterocycles. The molecule has 4 heteroatoms. The number of ketones is 1. The Labute approximate surface area is 112 Å². The van der Waals surface area contributed by atoms with Crippen molar-refractivity contribution in [3.63, 3.8) is 0 Å². The average Bonchev–Trinajstić information content (AvgIpc) is 2.58. The molecule has 19 heavy (non-hydrogen) atoms. The molecule has 4 nitrogen and oxygen atoms in total. The van der Waals surface area contributed by atoms with Crippen molar-refractivity contribution in [1.29, 1.82) is 0 Å². The normalized spacial score (nSPS) is 22.2. The number of ether oxygens (including phenoxy) is 1. The lowest BCUT2D eigenvalue weighted by Gasteiger charge is -2.22. The number of nitrogens with two attached hydrogens (primary N) is 1. The Morgan fingerprint density at radius 2 is 2.11 bits per heavy atom. The molecular formula is C15H19NO3. The van der Waals surface area contributed by atoms with E-state index in [0.29, 0.717) is 32.3 Å². The topological polar surface area (TPSA) is 69.4 Å². The Kier molecular flexibility index (Phi) is 4.68. The lowest BCUT2D eigenvalue weighted by Crippen LogP contribution is -2.32. The molecule has 1 aromatic rings. The fraction of sp³-hybridized carbons (Fsp3) is 0.467. The van der Waals surface area contributed by atoms with E-state index in [1.807, 2.05) is 18.2 Å². The number of carbonyl (C=O) groups is 2. The second-order valence-electron chi connectivity index (χ2n) is 4.89. The van der Waals surface area contributed by atoms with E-state index < -0.39 is 0 Å². The highest BCUT2D eigenvalue weighted by Crippen LogP contribution is 2.27. The molecule has 0 saturated carbocycles. The standard InChI is InChI=1S/C15H19NO3/c16-8-7-14(18)13-6-5-11-3-1-2-4-12(11)9-15(13)19-10-17/h1-4,10,13,15H,5-9,16H2. The summed E-state index contributed by atoms with van der Waals surface area (Å²) in [4.78, 5) is 22.8. The maximum atomic E-state index is 12.1. The van der Waals surface area contributed by atoms with Crippen molar-refractivity contribution in [3.8, 4) is 0 Å². The van der Waals surface area contributed by atoms with Gasteiger partial charge in [-0.3, -0.25) is 9.59 Å². The Hall–Kier alpha value is -1.68. The summed E-state index contributed by atoms with van der Waals surface area (Å²) in [5.74, 6) is -0.136. The molecule has 2 atom stereocenters. The van der Waals surface area contributed by atoms with Crippen molar-refractivity contribution >= 4 is 12.3 Å². The zero-order chi connectivity index (χ0) is 13.7. The van der Waals surface area contributed by atoms with Gasteiger partial charge in [-0.15, -0.1) is 0 Å². The van der Waals surface area contributed by atoms with Gasteiger partial charge in [0, 0.05) is 12.8 Å². The Bertz CT molecular complexity index is 458. The fourth-order valence-corrected chi connectivity index (χ4v) is 2.77. The highest BCUT2D eigenvalue weighted by Gasteiger charge is 2.31. The minimum absolute atomic E-state index is 0.0992. The predicted octanol–water partition coefficient (Wildman–Crippen LogP) is 1.25. The van der Waals surface area contributed by atoms with Crippen molar-refractivity contribution in [1.82, 2.24) is 0 Å². The van der Waals surface area contributed by atoms with Gasteiger partial charge >= 0.3 is 0 Å². The lowest BCUT2D eigenvalue weighted by molar-refractivity contribution is -0.140. The maximum Gasteiger partial charge on any atom is 0.293 e. The second kappa shape index (κ2) is 6.48. The summed E-state index contributed by atoms with van der Waals surface area (Å²) in [7, 11) is 0. The smallest absolute Gasteiger partial charge is 0.293 e. The molecule has 2 rings (SSSR count). The van der Waals surface area contributed by atoms with Gasteiger partial charge in [0.1, 0.15) is 11.9 Å². The molecule has 0 aromatic heterocycles. The minimum Gasteiger partial charge on any atom is -0.463 e. The van der Waals surface area contributed by atoms with Gasteiger partial charge in [-0.05, 0) is 30.5 Å². The molecule has 1 aromatic carbocycles. The monoisotopic (exact) mass is 261 g/mol. The molecule has 0 saturated heterocycles. The van der Waals surface area contributed by atoms with E-state index in [1.54, 1.807) is 0 Å². The minimum atomic E-state index is -0.361. The summed E-state index contributed by atoms with van der Waals surface area (Å²) in [6, 6.07) is 8.07. The van der Waals surface area contributed by atoms with Gasteiger partial charge in [-0.25, -0.2) is 0 Å². The van der Waals surface area contributed by atoms with E-state index in [2.05, 4.69) is 6.07 Å². The molecule has 2 unspecified atom stereocenters. The third kappa shape index (κ3) is 3.20. The molecule has 0 amide bonds. The summed E-state index contributed by atoms with van der Waals surface area (Å²) in [6.45, 7) is 0.789. The van der Waals surface area contributed by atoms with E-state index in [4.69, 9.17) is 10.5 Å². The van der Waals surface area contributed by atoms with Crippen LogP contribution < -0.4 is 5.73 Å². The van der Waals surface area contributed by atoms with Crippen molar-refractivity contribution in [2.75, 3.05) is 6.54 Å². The van der Waals surface area contributed by atoms with Crippen LogP contribution in [-0.4, -0.2) is 24.9 Å². The fourth-order valence-electron chi connectivity index (χ4n) is 2.77. The van der Waals surface area contributed by atoms with Gasteiger partial charge in [0.2, 0.25) is 0 Å². The molecule has 102 valence electrons. The van der Waals surface area contributed by atoms with Crippen LogP contribution in [0, 0.1) is 5.92 Å². The lowest BCUT2D eigenvalue weighted by atomic mass is 9.90. The number of aryl methyl sites for hydroxylation is 1. The van der Waals surface area contributed by atoms with Crippen LogP contribution in [0.5, 0.6) is 0 Å². The molecule has 0 fully saturated rings. The summed E-state index contributed by atoms with van der Waals surface area (Å²) < 4.78 is 5.16. The molecule has 0 bridgehead atoms. The zero-order valence-corrected chi connectivity index (χ0v) is 10.9. The zero-order valence-electron chi connectivity index (χ0n) is 10.9. The van der Waals surface area contributed by atoms with Gasteiger partial charge in [0.05, 0.1) is 5.92 Å². The number of carbonyl (C=O) groups excluding carboxylic acids is 2. The highest BCUT2D eigenvalue weighted by molar-refractivity contribution is 5.82.